The number of benzene rings is 1. The second kappa shape index (κ2) is 9.06. The molecule has 1 N–H and O–H groups in total. The monoisotopic (exact) mass is 291 g/mol. The van der Waals surface area contributed by atoms with Crippen molar-refractivity contribution >= 4 is 0 Å². The van der Waals surface area contributed by atoms with Gasteiger partial charge in [0.25, 0.3) is 0 Å². The van der Waals surface area contributed by atoms with Gasteiger partial charge in [-0.15, -0.1) is 0 Å². The molecule has 0 aliphatic carbocycles. The quantitative estimate of drug-likeness (QED) is 0.782. The van der Waals surface area contributed by atoms with Crippen molar-refractivity contribution in [3.63, 3.8) is 0 Å². The summed E-state index contributed by atoms with van der Waals surface area (Å²) in [7, 11) is 0. The molecule has 0 radical (unpaired) electrons. The lowest BCUT2D eigenvalue weighted by Gasteiger charge is -2.32. The zero-order valence-corrected chi connectivity index (χ0v) is 13.4. The SMILES string of the molecule is CCCNC(c1ccccc1OCCC)C1CCCCO1. The molecule has 1 aliphatic rings. The fourth-order valence-electron chi connectivity index (χ4n) is 2.85. The third-order valence-corrected chi connectivity index (χ3v) is 3.92. The molecule has 1 saturated heterocycles. The van der Waals surface area contributed by atoms with Crippen molar-refractivity contribution in [2.45, 2.75) is 58.1 Å². The first kappa shape index (κ1) is 16.3. The average Bonchev–Trinajstić information content (AvgIpc) is 2.55. The molecule has 0 spiro atoms. The van der Waals surface area contributed by atoms with E-state index in [1.54, 1.807) is 0 Å². The number of nitrogens with one attached hydrogen (secondary N) is 1. The zero-order valence-electron chi connectivity index (χ0n) is 13.4. The van der Waals surface area contributed by atoms with Gasteiger partial charge >= 0.3 is 0 Å². The van der Waals surface area contributed by atoms with Crippen LogP contribution in [0.1, 0.15) is 57.6 Å². The summed E-state index contributed by atoms with van der Waals surface area (Å²) < 4.78 is 12.0. The van der Waals surface area contributed by atoms with Crippen LogP contribution in [-0.4, -0.2) is 25.9 Å². The number of ether oxygens (including phenoxy) is 2. The van der Waals surface area contributed by atoms with Gasteiger partial charge in [-0.3, -0.25) is 0 Å². The Labute approximate surface area is 129 Å². The maximum Gasteiger partial charge on any atom is 0.124 e. The van der Waals surface area contributed by atoms with Crippen molar-refractivity contribution in [3.05, 3.63) is 29.8 Å². The Morgan fingerprint density at radius 2 is 2.10 bits per heavy atom. The number of rotatable bonds is 8. The Morgan fingerprint density at radius 1 is 1.24 bits per heavy atom. The Morgan fingerprint density at radius 3 is 2.81 bits per heavy atom. The highest BCUT2D eigenvalue weighted by molar-refractivity contribution is 5.36. The molecule has 3 heteroatoms. The lowest BCUT2D eigenvalue weighted by Crippen LogP contribution is -2.36. The van der Waals surface area contributed by atoms with Gasteiger partial charge in [-0.2, -0.15) is 0 Å². The van der Waals surface area contributed by atoms with Crippen LogP contribution >= 0.6 is 0 Å². The summed E-state index contributed by atoms with van der Waals surface area (Å²) in [5, 5.41) is 3.67. The van der Waals surface area contributed by atoms with Crippen molar-refractivity contribution in [2.24, 2.45) is 0 Å². The third-order valence-electron chi connectivity index (χ3n) is 3.92. The van der Waals surface area contributed by atoms with E-state index in [9.17, 15) is 0 Å². The van der Waals surface area contributed by atoms with Crippen LogP contribution in [0.4, 0.5) is 0 Å². The van der Waals surface area contributed by atoms with E-state index in [4.69, 9.17) is 9.47 Å². The van der Waals surface area contributed by atoms with E-state index in [2.05, 4.69) is 37.4 Å². The molecule has 21 heavy (non-hydrogen) atoms. The lowest BCUT2D eigenvalue weighted by molar-refractivity contribution is -0.00869. The summed E-state index contributed by atoms with van der Waals surface area (Å²) in [5.74, 6) is 1.00. The molecule has 1 aromatic carbocycles. The molecule has 0 amide bonds. The van der Waals surface area contributed by atoms with Crippen LogP contribution in [0, 0.1) is 0 Å². The molecule has 0 aromatic heterocycles. The average molecular weight is 291 g/mol. The zero-order chi connectivity index (χ0) is 14.9. The molecule has 3 nitrogen and oxygen atoms in total. The van der Waals surface area contributed by atoms with Crippen LogP contribution < -0.4 is 10.1 Å². The van der Waals surface area contributed by atoms with E-state index < -0.39 is 0 Å². The van der Waals surface area contributed by atoms with Crippen molar-refractivity contribution in [1.82, 2.24) is 5.32 Å². The molecule has 1 heterocycles. The second-order valence-corrected chi connectivity index (χ2v) is 5.72. The fourth-order valence-corrected chi connectivity index (χ4v) is 2.85. The molecule has 2 rings (SSSR count). The Hall–Kier alpha value is -1.06. The van der Waals surface area contributed by atoms with Crippen LogP contribution in [-0.2, 0) is 4.74 Å². The fraction of sp³-hybridized carbons (Fsp3) is 0.667. The first-order valence-electron chi connectivity index (χ1n) is 8.43. The molecule has 2 atom stereocenters. The summed E-state index contributed by atoms with van der Waals surface area (Å²) in [4.78, 5) is 0. The van der Waals surface area contributed by atoms with Gasteiger partial charge in [0.05, 0.1) is 18.8 Å². The number of hydrogen-bond donors (Lipinski definition) is 1. The summed E-state index contributed by atoms with van der Waals surface area (Å²) in [5.41, 5.74) is 1.24. The molecule has 0 bridgehead atoms. The second-order valence-electron chi connectivity index (χ2n) is 5.72. The van der Waals surface area contributed by atoms with Crippen LogP contribution in [0.25, 0.3) is 0 Å². The van der Waals surface area contributed by atoms with Crippen LogP contribution in [0.5, 0.6) is 5.75 Å². The lowest BCUT2D eigenvalue weighted by atomic mass is 9.95. The van der Waals surface area contributed by atoms with Crippen molar-refractivity contribution in [2.75, 3.05) is 19.8 Å². The summed E-state index contributed by atoms with van der Waals surface area (Å²) >= 11 is 0. The summed E-state index contributed by atoms with van der Waals surface area (Å²) in [6, 6.07) is 8.63. The van der Waals surface area contributed by atoms with Gasteiger partial charge in [-0.1, -0.05) is 32.0 Å². The van der Waals surface area contributed by atoms with Crippen molar-refractivity contribution in [3.8, 4) is 5.75 Å². The first-order valence-corrected chi connectivity index (χ1v) is 8.43. The van der Waals surface area contributed by atoms with Gasteiger partial charge < -0.3 is 14.8 Å². The largest absolute Gasteiger partial charge is 0.493 e. The Balaban J connectivity index is 2.18. The van der Waals surface area contributed by atoms with Gasteiger partial charge in [-0.25, -0.2) is 0 Å². The van der Waals surface area contributed by atoms with Gasteiger partial charge in [0, 0.05) is 12.2 Å². The smallest absolute Gasteiger partial charge is 0.124 e. The van der Waals surface area contributed by atoms with E-state index in [0.29, 0.717) is 0 Å². The first-order chi connectivity index (χ1) is 10.4. The minimum atomic E-state index is 0.235. The standard InChI is InChI=1S/C18H29NO2/c1-3-12-19-18(17-11-7-8-14-21-17)15-9-5-6-10-16(15)20-13-4-2/h5-6,9-10,17-19H,3-4,7-8,11-14H2,1-2H3. The van der Waals surface area contributed by atoms with E-state index in [-0.39, 0.29) is 12.1 Å². The molecule has 0 saturated carbocycles. The summed E-state index contributed by atoms with van der Waals surface area (Å²) in [6.45, 7) is 6.99. The van der Waals surface area contributed by atoms with Crippen LogP contribution in [0.3, 0.4) is 0 Å². The Kier molecular flexibility index (Phi) is 7.04. The van der Waals surface area contributed by atoms with E-state index in [0.717, 1.165) is 44.8 Å². The third kappa shape index (κ3) is 4.72. The predicted octanol–water partition coefficient (Wildman–Crippen LogP) is 4.09. The van der Waals surface area contributed by atoms with Gasteiger partial charge in [0.15, 0.2) is 0 Å². The predicted molar refractivity (Wildman–Crippen MR) is 86.9 cm³/mol. The minimum absolute atomic E-state index is 0.235. The van der Waals surface area contributed by atoms with E-state index in [1.807, 2.05) is 6.07 Å². The maximum absolute atomic E-state index is 6.03. The van der Waals surface area contributed by atoms with E-state index >= 15 is 0 Å². The molecule has 118 valence electrons. The molecule has 2 unspecified atom stereocenters. The Bertz CT molecular complexity index is 402. The molecular formula is C18H29NO2. The van der Waals surface area contributed by atoms with Crippen molar-refractivity contribution < 1.29 is 9.47 Å². The van der Waals surface area contributed by atoms with Gasteiger partial charge in [0.1, 0.15) is 5.75 Å². The number of hydrogen-bond acceptors (Lipinski definition) is 3. The highest BCUT2D eigenvalue weighted by Gasteiger charge is 2.27. The van der Waals surface area contributed by atoms with E-state index in [1.165, 1.54) is 18.4 Å². The maximum atomic E-state index is 6.03. The van der Waals surface area contributed by atoms with Crippen molar-refractivity contribution in [1.29, 1.82) is 0 Å². The molecule has 1 aromatic rings. The summed E-state index contributed by atoms with van der Waals surface area (Å²) in [6.07, 6.45) is 5.99. The molecular weight excluding hydrogens is 262 g/mol. The van der Waals surface area contributed by atoms with Crippen LogP contribution in [0.2, 0.25) is 0 Å². The normalized spacial score (nSPS) is 20.2. The molecule has 1 aliphatic heterocycles. The molecule has 1 fully saturated rings. The van der Waals surface area contributed by atoms with Gasteiger partial charge in [0.2, 0.25) is 0 Å². The minimum Gasteiger partial charge on any atom is -0.493 e. The highest BCUT2D eigenvalue weighted by atomic mass is 16.5. The highest BCUT2D eigenvalue weighted by Crippen LogP contribution is 2.32. The van der Waals surface area contributed by atoms with Crippen LogP contribution in [0.15, 0.2) is 24.3 Å². The van der Waals surface area contributed by atoms with Gasteiger partial charge in [-0.05, 0) is 44.7 Å². The number of para-hydroxylation sites is 1. The topological polar surface area (TPSA) is 30.5 Å².